The Labute approximate surface area is 130 Å². The molecule has 1 rings (SSSR count). The fraction of sp³-hybridized carbons (Fsp3) is 0.636. The average molecular weight is 366 g/mol. The molecular formula is C11H15ClF3NO3S2. The Balaban J connectivity index is 2.90. The molecule has 1 aromatic rings. The summed E-state index contributed by atoms with van der Waals surface area (Å²) in [5.74, 6) is -1.04. The first kappa shape index (κ1) is 18.7. The molecule has 122 valence electrons. The van der Waals surface area contributed by atoms with Crippen LogP contribution in [0.25, 0.3) is 0 Å². The van der Waals surface area contributed by atoms with Gasteiger partial charge in [-0.25, -0.2) is 13.1 Å². The maximum absolute atomic E-state index is 12.5. The Morgan fingerprint density at radius 1 is 1.43 bits per heavy atom. The zero-order valence-electron chi connectivity index (χ0n) is 11.0. The second-order valence-corrected chi connectivity index (χ2v) is 8.11. The Kier molecular flexibility index (Phi) is 6.48. The highest BCUT2D eigenvalue weighted by Crippen LogP contribution is 2.30. The summed E-state index contributed by atoms with van der Waals surface area (Å²) in [6.45, 7) is 0.794. The van der Waals surface area contributed by atoms with Gasteiger partial charge in [-0.05, 0) is 18.1 Å². The predicted molar refractivity (Wildman–Crippen MR) is 75.0 cm³/mol. The first-order chi connectivity index (χ1) is 9.59. The van der Waals surface area contributed by atoms with Crippen molar-refractivity contribution < 1.29 is 26.7 Å². The van der Waals surface area contributed by atoms with Gasteiger partial charge in [0.25, 0.3) is 0 Å². The monoisotopic (exact) mass is 365 g/mol. The van der Waals surface area contributed by atoms with E-state index < -0.39 is 41.2 Å². The number of aliphatic hydroxyl groups excluding tert-OH is 1. The van der Waals surface area contributed by atoms with Crippen molar-refractivity contribution in [2.75, 3.05) is 6.61 Å². The largest absolute Gasteiger partial charge is 0.395 e. The van der Waals surface area contributed by atoms with E-state index in [0.717, 1.165) is 11.3 Å². The van der Waals surface area contributed by atoms with Gasteiger partial charge in [-0.1, -0.05) is 24.9 Å². The lowest BCUT2D eigenvalue weighted by atomic mass is 9.94. The molecule has 0 radical (unpaired) electrons. The van der Waals surface area contributed by atoms with Crippen LogP contribution in [0, 0.1) is 5.92 Å². The highest BCUT2D eigenvalue weighted by molar-refractivity contribution is 7.91. The number of sulfonamides is 1. The molecule has 0 aliphatic heterocycles. The summed E-state index contributed by atoms with van der Waals surface area (Å²) < 4.78 is 63.8. The van der Waals surface area contributed by atoms with Crippen LogP contribution in [0.3, 0.4) is 0 Å². The Morgan fingerprint density at radius 3 is 2.43 bits per heavy atom. The number of hydrogen-bond acceptors (Lipinski definition) is 4. The number of rotatable bonds is 7. The standard InChI is InChI=1S/C11H15ClF3NO3S2/c1-2-7(5-11(13,14)15)8(6-17)16-21(18,19)10-4-3-9(12)20-10/h3-4,7-8,16-17H,2,5-6H2,1H3/t7-,8+/m0/s1. The van der Waals surface area contributed by atoms with Crippen LogP contribution in [0.1, 0.15) is 19.8 Å². The van der Waals surface area contributed by atoms with Crippen LogP contribution in [0.2, 0.25) is 4.34 Å². The molecule has 1 heterocycles. The van der Waals surface area contributed by atoms with E-state index >= 15 is 0 Å². The number of halogens is 4. The van der Waals surface area contributed by atoms with E-state index in [1.165, 1.54) is 19.1 Å². The van der Waals surface area contributed by atoms with E-state index in [1.54, 1.807) is 0 Å². The van der Waals surface area contributed by atoms with Crippen LogP contribution < -0.4 is 4.72 Å². The van der Waals surface area contributed by atoms with Gasteiger partial charge in [-0.2, -0.15) is 13.2 Å². The number of hydrogen-bond donors (Lipinski definition) is 2. The van der Waals surface area contributed by atoms with E-state index in [4.69, 9.17) is 11.6 Å². The van der Waals surface area contributed by atoms with Gasteiger partial charge in [-0.3, -0.25) is 0 Å². The zero-order valence-corrected chi connectivity index (χ0v) is 13.4. The fourth-order valence-corrected chi connectivity index (χ4v) is 4.65. The summed E-state index contributed by atoms with van der Waals surface area (Å²) >= 11 is 6.43. The van der Waals surface area contributed by atoms with Gasteiger partial charge < -0.3 is 5.11 Å². The third-order valence-corrected chi connectivity index (χ3v) is 6.12. The second kappa shape index (κ2) is 7.28. The van der Waals surface area contributed by atoms with Crippen molar-refractivity contribution >= 4 is 33.0 Å². The summed E-state index contributed by atoms with van der Waals surface area (Å²) in [4.78, 5) is 0. The zero-order chi connectivity index (χ0) is 16.3. The van der Waals surface area contributed by atoms with Crippen LogP contribution in [0.15, 0.2) is 16.3 Å². The molecule has 0 spiro atoms. The minimum Gasteiger partial charge on any atom is -0.395 e. The third kappa shape index (κ3) is 5.74. The second-order valence-electron chi connectivity index (χ2n) is 4.46. The molecule has 0 fully saturated rings. The van der Waals surface area contributed by atoms with Crippen molar-refractivity contribution in [3.05, 3.63) is 16.5 Å². The lowest BCUT2D eigenvalue weighted by molar-refractivity contribution is -0.147. The van der Waals surface area contributed by atoms with Crippen LogP contribution in [-0.4, -0.2) is 32.3 Å². The maximum atomic E-state index is 12.5. The molecular weight excluding hydrogens is 351 g/mol. The number of alkyl halides is 3. The van der Waals surface area contributed by atoms with Crippen molar-refractivity contribution in [2.24, 2.45) is 5.92 Å². The van der Waals surface area contributed by atoms with E-state index in [-0.39, 0.29) is 15.0 Å². The molecule has 2 atom stereocenters. The molecule has 0 bridgehead atoms. The summed E-state index contributed by atoms with van der Waals surface area (Å²) in [6.07, 6.45) is -5.51. The van der Waals surface area contributed by atoms with Gasteiger partial charge in [0.05, 0.1) is 10.9 Å². The molecule has 0 saturated carbocycles. The van der Waals surface area contributed by atoms with Crippen LogP contribution in [-0.2, 0) is 10.0 Å². The van der Waals surface area contributed by atoms with Crippen molar-refractivity contribution in [1.29, 1.82) is 0 Å². The van der Waals surface area contributed by atoms with Gasteiger partial charge in [0.2, 0.25) is 10.0 Å². The minimum absolute atomic E-state index is 0.0818. The Hall–Kier alpha value is -0.350. The lowest BCUT2D eigenvalue weighted by Crippen LogP contribution is -2.43. The van der Waals surface area contributed by atoms with Gasteiger partial charge in [-0.15, -0.1) is 11.3 Å². The van der Waals surface area contributed by atoms with Gasteiger partial charge in [0.15, 0.2) is 0 Å². The molecule has 0 aromatic carbocycles. The number of thiophene rings is 1. The van der Waals surface area contributed by atoms with Gasteiger partial charge in [0.1, 0.15) is 4.21 Å². The summed E-state index contributed by atoms with van der Waals surface area (Å²) in [7, 11) is -4.00. The molecule has 10 heteroatoms. The summed E-state index contributed by atoms with van der Waals surface area (Å²) in [5.41, 5.74) is 0. The molecule has 0 unspecified atom stereocenters. The van der Waals surface area contributed by atoms with E-state index in [9.17, 15) is 26.7 Å². The molecule has 0 aliphatic rings. The van der Waals surface area contributed by atoms with Crippen molar-refractivity contribution in [3.63, 3.8) is 0 Å². The lowest BCUT2D eigenvalue weighted by Gasteiger charge is -2.26. The van der Waals surface area contributed by atoms with Crippen molar-refractivity contribution in [2.45, 2.75) is 36.2 Å². The van der Waals surface area contributed by atoms with Crippen molar-refractivity contribution in [3.8, 4) is 0 Å². The summed E-state index contributed by atoms with van der Waals surface area (Å²) in [6, 6.07) is 1.43. The number of aliphatic hydroxyl groups is 1. The van der Waals surface area contributed by atoms with Gasteiger partial charge >= 0.3 is 6.18 Å². The molecule has 0 saturated heterocycles. The van der Waals surface area contributed by atoms with Crippen LogP contribution in [0.4, 0.5) is 13.2 Å². The highest BCUT2D eigenvalue weighted by atomic mass is 35.5. The molecule has 0 amide bonds. The van der Waals surface area contributed by atoms with Crippen molar-refractivity contribution in [1.82, 2.24) is 4.72 Å². The van der Waals surface area contributed by atoms with Crippen LogP contribution >= 0.6 is 22.9 Å². The SMILES string of the molecule is CC[C@@H](CC(F)(F)F)[C@@H](CO)NS(=O)(=O)c1ccc(Cl)s1. The average Bonchev–Trinajstić information content (AvgIpc) is 2.79. The third-order valence-electron chi connectivity index (χ3n) is 2.90. The molecule has 4 nitrogen and oxygen atoms in total. The molecule has 0 aliphatic carbocycles. The minimum atomic E-state index is -4.42. The maximum Gasteiger partial charge on any atom is 0.389 e. The highest BCUT2D eigenvalue weighted by Gasteiger charge is 2.36. The molecule has 2 N–H and O–H groups in total. The Morgan fingerprint density at radius 2 is 2.05 bits per heavy atom. The van der Waals surface area contributed by atoms with E-state index in [2.05, 4.69) is 4.72 Å². The first-order valence-corrected chi connectivity index (χ1v) is 8.72. The van der Waals surface area contributed by atoms with Gasteiger partial charge in [0, 0.05) is 12.5 Å². The quantitative estimate of drug-likeness (QED) is 0.780. The number of nitrogens with one attached hydrogen (secondary N) is 1. The molecule has 1 aromatic heterocycles. The van der Waals surface area contributed by atoms with Crippen LogP contribution in [0.5, 0.6) is 0 Å². The Bertz CT molecular complexity index is 559. The van der Waals surface area contributed by atoms with E-state index in [1.807, 2.05) is 0 Å². The first-order valence-electron chi connectivity index (χ1n) is 6.04. The fourth-order valence-electron chi connectivity index (χ4n) is 1.85. The van der Waals surface area contributed by atoms with E-state index in [0.29, 0.717) is 0 Å². The summed E-state index contributed by atoms with van der Waals surface area (Å²) in [5, 5.41) is 9.22. The predicted octanol–water partition coefficient (Wildman–Crippen LogP) is 3.02. The topological polar surface area (TPSA) is 66.4 Å². The smallest absolute Gasteiger partial charge is 0.389 e. The normalized spacial score (nSPS) is 15.9. The molecule has 21 heavy (non-hydrogen) atoms.